The van der Waals surface area contributed by atoms with Gasteiger partial charge < -0.3 is 10.1 Å². The molecule has 0 fully saturated rings. The highest BCUT2D eigenvalue weighted by molar-refractivity contribution is 9.10. The van der Waals surface area contributed by atoms with Gasteiger partial charge in [-0.25, -0.2) is 0 Å². The quantitative estimate of drug-likeness (QED) is 0.311. The van der Waals surface area contributed by atoms with Crippen LogP contribution in [0.1, 0.15) is 22.3 Å². The summed E-state index contributed by atoms with van der Waals surface area (Å²) in [4.78, 5) is 12.5. The Kier molecular flexibility index (Phi) is 7.51. The van der Waals surface area contributed by atoms with E-state index in [-0.39, 0.29) is 5.57 Å². The second kappa shape index (κ2) is 10.3. The monoisotopic (exact) mass is 494 g/mol. The maximum atomic E-state index is 12.5. The Balaban J connectivity index is 1.89. The zero-order valence-corrected chi connectivity index (χ0v) is 19.4. The number of rotatable bonds is 6. The van der Waals surface area contributed by atoms with E-state index in [1.54, 1.807) is 31.4 Å². The second-order valence-corrected chi connectivity index (χ2v) is 8.20. The van der Waals surface area contributed by atoms with E-state index in [4.69, 9.17) is 16.3 Å². The van der Waals surface area contributed by atoms with Crippen molar-refractivity contribution in [2.24, 2.45) is 0 Å². The average Bonchev–Trinajstić information content (AvgIpc) is 2.76. The molecule has 4 nitrogen and oxygen atoms in total. The number of amides is 1. The van der Waals surface area contributed by atoms with Gasteiger partial charge in [-0.15, -0.1) is 0 Å². The number of aryl methyl sites for hydroxylation is 1. The summed E-state index contributed by atoms with van der Waals surface area (Å²) in [5.74, 6) is 0.101. The van der Waals surface area contributed by atoms with Gasteiger partial charge in [0.15, 0.2) is 0 Å². The maximum Gasteiger partial charge on any atom is 0.266 e. The molecule has 0 aliphatic rings. The third-order valence-electron chi connectivity index (χ3n) is 4.71. The number of nitrogens with one attached hydrogen (secondary N) is 1. The molecule has 0 spiro atoms. The lowest BCUT2D eigenvalue weighted by Gasteiger charge is -2.13. The molecule has 0 saturated carbocycles. The molecular formula is C25H20BrClN2O2. The zero-order valence-electron chi connectivity index (χ0n) is 17.1. The Morgan fingerprint density at radius 3 is 2.55 bits per heavy atom. The van der Waals surface area contributed by atoms with Crippen LogP contribution in [0.4, 0.5) is 5.69 Å². The van der Waals surface area contributed by atoms with E-state index in [1.165, 1.54) is 6.08 Å². The van der Waals surface area contributed by atoms with E-state index in [0.29, 0.717) is 28.4 Å². The van der Waals surface area contributed by atoms with E-state index < -0.39 is 5.91 Å². The summed E-state index contributed by atoms with van der Waals surface area (Å²) in [6.07, 6.45) is 2.08. The summed E-state index contributed by atoms with van der Waals surface area (Å²) in [6.45, 7) is 1.96. The minimum absolute atomic E-state index is 0.0303. The molecule has 0 heterocycles. The van der Waals surface area contributed by atoms with Crippen LogP contribution in [0.2, 0.25) is 5.02 Å². The molecule has 0 aliphatic carbocycles. The predicted octanol–water partition coefficient (Wildman–Crippen LogP) is 6.56. The number of carbonyl (C=O) groups excluding carboxylic acids is 1. The molecule has 0 radical (unpaired) electrons. The van der Waals surface area contributed by atoms with Gasteiger partial charge in [0.05, 0.1) is 7.11 Å². The summed E-state index contributed by atoms with van der Waals surface area (Å²) >= 11 is 10.1. The topological polar surface area (TPSA) is 62.1 Å². The highest BCUT2D eigenvalue weighted by atomic mass is 79.9. The normalized spacial score (nSPS) is 11.0. The van der Waals surface area contributed by atoms with Crippen molar-refractivity contribution >= 4 is 45.2 Å². The van der Waals surface area contributed by atoms with Crippen molar-refractivity contribution in [3.05, 3.63) is 98.0 Å². The first-order valence-corrected chi connectivity index (χ1v) is 10.7. The maximum absolute atomic E-state index is 12.5. The van der Waals surface area contributed by atoms with Gasteiger partial charge in [-0.1, -0.05) is 63.4 Å². The third kappa shape index (κ3) is 5.75. The van der Waals surface area contributed by atoms with Gasteiger partial charge in [0.2, 0.25) is 0 Å². The van der Waals surface area contributed by atoms with Crippen LogP contribution in [-0.4, -0.2) is 13.0 Å². The molecule has 3 aromatic carbocycles. The first-order valence-electron chi connectivity index (χ1n) is 9.51. The first-order chi connectivity index (χ1) is 14.9. The van der Waals surface area contributed by atoms with Crippen LogP contribution >= 0.6 is 27.5 Å². The summed E-state index contributed by atoms with van der Waals surface area (Å²) in [7, 11) is 1.57. The Labute approximate surface area is 195 Å². The van der Waals surface area contributed by atoms with E-state index in [9.17, 15) is 10.1 Å². The molecule has 0 aliphatic heterocycles. The number of benzene rings is 3. The van der Waals surface area contributed by atoms with E-state index in [0.717, 1.165) is 21.2 Å². The van der Waals surface area contributed by atoms with E-state index >= 15 is 0 Å². The third-order valence-corrected chi connectivity index (χ3v) is 5.82. The van der Waals surface area contributed by atoms with Crippen molar-refractivity contribution in [1.82, 2.24) is 0 Å². The smallest absolute Gasteiger partial charge is 0.266 e. The van der Waals surface area contributed by atoms with Crippen molar-refractivity contribution in [3.8, 4) is 11.8 Å². The van der Waals surface area contributed by atoms with Gasteiger partial charge in [0, 0.05) is 27.2 Å². The van der Waals surface area contributed by atoms with Gasteiger partial charge >= 0.3 is 0 Å². The Morgan fingerprint density at radius 1 is 1.19 bits per heavy atom. The molecular weight excluding hydrogens is 476 g/mol. The summed E-state index contributed by atoms with van der Waals surface area (Å²) in [5.41, 5.74) is 4.18. The number of anilines is 1. The van der Waals surface area contributed by atoms with Crippen LogP contribution in [0.3, 0.4) is 0 Å². The van der Waals surface area contributed by atoms with Crippen LogP contribution in [0.25, 0.3) is 6.08 Å². The fourth-order valence-electron chi connectivity index (χ4n) is 3.05. The molecule has 156 valence electrons. The predicted molar refractivity (Wildman–Crippen MR) is 128 cm³/mol. The number of hydrogen-bond donors (Lipinski definition) is 1. The van der Waals surface area contributed by atoms with Crippen molar-refractivity contribution < 1.29 is 9.53 Å². The SMILES string of the molecule is COc1cc(/C=C(\C#N)C(=O)Nc2ccc(C)cc2)cc(Cl)c1Cc1ccccc1Br. The van der Waals surface area contributed by atoms with Crippen LogP contribution in [0.15, 0.2) is 70.7 Å². The summed E-state index contributed by atoms with van der Waals surface area (Å²) in [6, 6.07) is 20.7. The van der Waals surface area contributed by atoms with Crippen molar-refractivity contribution in [3.63, 3.8) is 0 Å². The Hall–Kier alpha value is -3.07. The van der Waals surface area contributed by atoms with Gasteiger partial charge in [-0.2, -0.15) is 5.26 Å². The highest BCUT2D eigenvalue weighted by Gasteiger charge is 2.14. The Morgan fingerprint density at radius 2 is 1.90 bits per heavy atom. The van der Waals surface area contributed by atoms with Crippen LogP contribution < -0.4 is 10.1 Å². The highest BCUT2D eigenvalue weighted by Crippen LogP contribution is 2.33. The van der Waals surface area contributed by atoms with Crippen LogP contribution in [0.5, 0.6) is 5.75 Å². The molecule has 1 N–H and O–H groups in total. The minimum Gasteiger partial charge on any atom is -0.496 e. The number of hydrogen-bond acceptors (Lipinski definition) is 3. The van der Waals surface area contributed by atoms with Crippen molar-refractivity contribution in [1.29, 1.82) is 5.26 Å². The van der Waals surface area contributed by atoms with E-state index in [2.05, 4.69) is 21.2 Å². The molecule has 0 atom stereocenters. The molecule has 0 saturated heterocycles. The van der Waals surface area contributed by atoms with Crippen molar-refractivity contribution in [2.45, 2.75) is 13.3 Å². The molecule has 6 heteroatoms. The molecule has 3 aromatic rings. The lowest BCUT2D eigenvalue weighted by Crippen LogP contribution is -2.13. The van der Waals surface area contributed by atoms with Gasteiger partial charge in [0.1, 0.15) is 17.4 Å². The number of ether oxygens (including phenoxy) is 1. The lowest BCUT2D eigenvalue weighted by atomic mass is 10.0. The second-order valence-electron chi connectivity index (χ2n) is 6.94. The van der Waals surface area contributed by atoms with Crippen LogP contribution in [0, 0.1) is 18.3 Å². The number of nitriles is 1. The average molecular weight is 496 g/mol. The molecule has 0 bridgehead atoms. The number of methoxy groups -OCH3 is 1. The van der Waals surface area contributed by atoms with Gasteiger partial charge in [0.25, 0.3) is 5.91 Å². The molecule has 31 heavy (non-hydrogen) atoms. The summed E-state index contributed by atoms with van der Waals surface area (Å²) in [5, 5.41) is 12.7. The minimum atomic E-state index is -0.487. The van der Waals surface area contributed by atoms with Crippen molar-refractivity contribution in [2.75, 3.05) is 12.4 Å². The molecule has 0 aromatic heterocycles. The number of nitrogens with zero attached hydrogens (tertiary/aromatic N) is 1. The lowest BCUT2D eigenvalue weighted by molar-refractivity contribution is -0.112. The fraction of sp³-hybridized carbons (Fsp3) is 0.120. The largest absolute Gasteiger partial charge is 0.496 e. The zero-order chi connectivity index (χ0) is 22.4. The number of carbonyl (C=O) groups is 1. The van der Waals surface area contributed by atoms with E-state index in [1.807, 2.05) is 49.4 Å². The first kappa shape index (κ1) is 22.6. The fourth-order valence-corrected chi connectivity index (χ4v) is 3.76. The van der Waals surface area contributed by atoms with Gasteiger partial charge in [-0.3, -0.25) is 4.79 Å². The molecule has 3 rings (SSSR count). The standard InChI is InChI=1S/C25H20BrClN2O2/c1-16-7-9-20(10-8-16)29-25(30)19(15-28)11-17-12-23(27)21(24(13-17)31-2)14-18-5-3-4-6-22(18)26/h3-13H,14H2,1-2H3,(H,29,30)/b19-11+. The van der Waals surface area contributed by atoms with Crippen LogP contribution in [-0.2, 0) is 11.2 Å². The molecule has 1 amide bonds. The number of halogens is 2. The molecule has 0 unspecified atom stereocenters. The summed E-state index contributed by atoms with van der Waals surface area (Å²) < 4.78 is 6.53. The Bertz CT molecular complexity index is 1180. The van der Waals surface area contributed by atoms with Gasteiger partial charge in [-0.05, 0) is 54.5 Å².